The van der Waals surface area contributed by atoms with Gasteiger partial charge in [0.15, 0.2) is 5.11 Å². The fourth-order valence-corrected chi connectivity index (χ4v) is 3.99. The van der Waals surface area contributed by atoms with Gasteiger partial charge in [0.2, 0.25) is 0 Å². The lowest BCUT2D eigenvalue weighted by molar-refractivity contribution is 0.209. The molecule has 4 rings (SSSR count). The van der Waals surface area contributed by atoms with Crippen molar-refractivity contribution in [3.63, 3.8) is 0 Å². The molecule has 2 aromatic heterocycles. The Hall–Kier alpha value is -2.41. The zero-order valence-electron chi connectivity index (χ0n) is 15.3. The van der Waals surface area contributed by atoms with E-state index in [-0.39, 0.29) is 18.7 Å². The van der Waals surface area contributed by atoms with Crippen LogP contribution in [0.15, 0.2) is 59.1 Å². The molecule has 7 heteroatoms. The summed E-state index contributed by atoms with van der Waals surface area (Å²) in [5, 5.41) is 14.1. The molecule has 1 aromatic carbocycles. The fourth-order valence-electron chi connectivity index (χ4n) is 3.48. The molecule has 1 aliphatic heterocycles. The van der Waals surface area contributed by atoms with Gasteiger partial charge >= 0.3 is 0 Å². The number of nitrogens with zero attached hydrogens (tertiary/aromatic N) is 2. The number of aliphatic hydroxyl groups excluding tert-OH is 1. The van der Waals surface area contributed by atoms with Gasteiger partial charge in [0.1, 0.15) is 17.6 Å². The largest absolute Gasteiger partial charge is 0.459 e. The Morgan fingerprint density at radius 2 is 2.11 bits per heavy atom. The number of furan rings is 1. The van der Waals surface area contributed by atoms with E-state index in [0.717, 1.165) is 28.3 Å². The maximum Gasteiger partial charge on any atom is 0.170 e. The Labute approximate surface area is 174 Å². The van der Waals surface area contributed by atoms with E-state index < -0.39 is 0 Å². The van der Waals surface area contributed by atoms with Gasteiger partial charge in [0, 0.05) is 23.3 Å². The highest BCUT2D eigenvalue weighted by Gasteiger charge is 2.41. The molecule has 1 aliphatic rings. The topological polar surface area (TPSA) is 61.5 Å². The van der Waals surface area contributed by atoms with E-state index in [2.05, 4.69) is 10.3 Å². The van der Waals surface area contributed by atoms with Crippen molar-refractivity contribution in [3.8, 4) is 11.3 Å². The molecule has 5 nitrogen and oxygen atoms in total. The van der Waals surface area contributed by atoms with Crippen LogP contribution in [-0.4, -0.2) is 33.3 Å². The predicted molar refractivity (Wildman–Crippen MR) is 113 cm³/mol. The summed E-state index contributed by atoms with van der Waals surface area (Å²) in [5.41, 5.74) is 2.80. The molecule has 0 aliphatic carbocycles. The highest BCUT2D eigenvalue weighted by Crippen LogP contribution is 2.40. The van der Waals surface area contributed by atoms with E-state index in [1.165, 1.54) is 0 Å². The molecular weight excluding hydrogens is 394 g/mol. The number of hydrogen-bond acceptors (Lipinski definition) is 4. The van der Waals surface area contributed by atoms with Gasteiger partial charge in [-0.3, -0.25) is 4.98 Å². The number of halogens is 1. The van der Waals surface area contributed by atoms with Gasteiger partial charge in [-0.15, -0.1) is 0 Å². The lowest BCUT2D eigenvalue weighted by Gasteiger charge is -2.25. The molecule has 3 heterocycles. The molecule has 1 fully saturated rings. The lowest BCUT2D eigenvalue weighted by Crippen LogP contribution is -2.32. The van der Waals surface area contributed by atoms with Crippen LogP contribution in [0.2, 0.25) is 5.02 Å². The predicted octanol–water partition coefficient (Wildman–Crippen LogP) is 4.27. The van der Waals surface area contributed by atoms with E-state index in [4.69, 9.17) is 28.2 Å². The molecule has 144 valence electrons. The maximum atomic E-state index is 9.52. The number of aryl methyl sites for hydroxylation is 1. The standard InChI is InChI=1S/C21H20ClN3O2S/c1-13-5-6-14(12-15(13)22)17-7-8-18(27-17)20-19(16-4-2-3-9-23-16)24-21(28)25(20)10-11-26/h2-9,12,19-20,26H,10-11H2,1H3,(H,24,28)/t19-,20-/m1/s1. The van der Waals surface area contributed by atoms with Gasteiger partial charge in [-0.05, 0) is 55.0 Å². The maximum absolute atomic E-state index is 9.52. The summed E-state index contributed by atoms with van der Waals surface area (Å²) in [6, 6.07) is 15.2. The minimum absolute atomic E-state index is 0.00556. The quantitative estimate of drug-likeness (QED) is 0.609. The first-order chi connectivity index (χ1) is 13.6. The third-order valence-electron chi connectivity index (χ3n) is 4.91. The second-order valence-corrected chi connectivity index (χ2v) is 7.50. The first kappa shape index (κ1) is 18.9. The van der Waals surface area contributed by atoms with Crippen LogP contribution >= 0.6 is 23.8 Å². The number of aromatic nitrogens is 1. The second-order valence-electron chi connectivity index (χ2n) is 6.71. The molecule has 28 heavy (non-hydrogen) atoms. The highest BCUT2D eigenvalue weighted by molar-refractivity contribution is 7.80. The van der Waals surface area contributed by atoms with Gasteiger partial charge in [-0.1, -0.05) is 29.8 Å². The van der Waals surface area contributed by atoms with E-state index in [1.807, 2.05) is 60.4 Å². The first-order valence-electron chi connectivity index (χ1n) is 9.03. The van der Waals surface area contributed by atoms with Crippen molar-refractivity contribution < 1.29 is 9.52 Å². The average molecular weight is 414 g/mol. The highest BCUT2D eigenvalue weighted by atomic mass is 35.5. The Morgan fingerprint density at radius 1 is 1.25 bits per heavy atom. The summed E-state index contributed by atoms with van der Waals surface area (Å²) < 4.78 is 6.22. The Kier molecular flexibility index (Phi) is 5.35. The first-order valence-corrected chi connectivity index (χ1v) is 9.82. The molecule has 0 bridgehead atoms. The number of benzene rings is 1. The van der Waals surface area contributed by atoms with Crippen LogP contribution in [0.4, 0.5) is 0 Å². The molecule has 2 N–H and O–H groups in total. The smallest absolute Gasteiger partial charge is 0.170 e. The fraction of sp³-hybridized carbons (Fsp3) is 0.238. The SMILES string of the molecule is Cc1ccc(-c2ccc([C@@H]3[C@@H](c4ccccn4)NC(=S)N3CCO)o2)cc1Cl. The van der Waals surface area contributed by atoms with Crippen molar-refractivity contribution in [1.82, 2.24) is 15.2 Å². The van der Waals surface area contributed by atoms with Crippen LogP contribution in [0.5, 0.6) is 0 Å². The summed E-state index contributed by atoms with van der Waals surface area (Å²) in [6.45, 7) is 2.37. The number of thiocarbonyl (C=S) groups is 1. The average Bonchev–Trinajstić information content (AvgIpc) is 3.30. The van der Waals surface area contributed by atoms with Crippen molar-refractivity contribution in [2.45, 2.75) is 19.0 Å². The molecule has 3 aromatic rings. The van der Waals surface area contributed by atoms with Gasteiger partial charge < -0.3 is 19.7 Å². The van der Waals surface area contributed by atoms with Crippen LogP contribution in [0.1, 0.15) is 29.1 Å². The van der Waals surface area contributed by atoms with Crippen LogP contribution in [0.25, 0.3) is 11.3 Å². The third kappa shape index (κ3) is 3.51. The molecule has 2 atom stereocenters. The second kappa shape index (κ2) is 7.91. The van der Waals surface area contributed by atoms with Crippen molar-refractivity contribution >= 4 is 28.9 Å². The molecule has 0 spiro atoms. The molecule has 0 saturated carbocycles. The van der Waals surface area contributed by atoms with E-state index in [1.54, 1.807) is 6.20 Å². The van der Waals surface area contributed by atoms with Crippen LogP contribution < -0.4 is 5.32 Å². The van der Waals surface area contributed by atoms with Crippen molar-refractivity contribution in [1.29, 1.82) is 0 Å². The van der Waals surface area contributed by atoms with E-state index >= 15 is 0 Å². The normalized spacial score (nSPS) is 19.1. The van der Waals surface area contributed by atoms with Crippen LogP contribution in [-0.2, 0) is 0 Å². The summed E-state index contributed by atoms with van der Waals surface area (Å²) in [5.74, 6) is 1.49. The summed E-state index contributed by atoms with van der Waals surface area (Å²) in [6.07, 6.45) is 1.76. The Balaban J connectivity index is 1.72. The van der Waals surface area contributed by atoms with Gasteiger partial charge in [0.25, 0.3) is 0 Å². The number of nitrogens with one attached hydrogen (secondary N) is 1. The van der Waals surface area contributed by atoms with Gasteiger partial charge in [-0.2, -0.15) is 0 Å². The Bertz CT molecular complexity index is 992. The molecular formula is C21H20ClN3O2S. The number of aliphatic hydroxyl groups is 1. The van der Waals surface area contributed by atoms with E-state index in [0.29, 0.717) is 16.7 Å². The molecule has 0 amide bonds. The van der Waals surface area contributed by atoms with Crippen LogP contribution in [0.3, 0.4) is 0 Å². The van der Waals surface area contributed by atoms with Crippen molar-refractivity contribution in [2.24, 2.45) is 0 Å². The van der Waals surface area contributed by atoms with Crippen molar-refractivity contribution in [3.05, 3.63) is 76.8 Å². The van der Waals surface area contributed by atoms with Gasteiger partial charge in [-0.25, -0.2) is 0 Å². The molecule has 0 radical (unpaired) electrons. The monoisotopic (exact) mass is 413 g/mol. The summed E-state index contributed by atoms with van der Waals surface area (Å²) in [7, 11) is 0. The third-order valence-corrected chi connectivity index (χ3v) is 5.67. The lowest BCUT2D eigenvalue weighted by atomic mass is 10.0. The number of hydrogen-bond donors (Lipinski definition) is 2. The number of β-amino-alcohol motifs (C(OH)–C–C–N with tert-alkyl or cyclic N) is 1. The Morgan fingerprint density at radius 3 is 2.82 bits per heavy atom. The van der Waals surface area contributed by atoms with Crippen molar-refractivity contribution in [2.75, 3.05) is 13.2 Å². The minimum Gasteiger partial charge on any atom is -0.459 e. The zero-order chi connectivity index (χ0) is 19.7. The zero-order valence-corrected chi connectivity index (χ0v) is 16.9. The minimum atomic E-state index is -0.204. The summed E-state index contributed by atoms with van der Waals surface area (Å²) >= 11 is 11.8. The summed E-state index contributed by atoms with van der Waals surface area (Å²) in [4.78, 5) is 6.43. The molecule has 1 saturated heterocycles. The van der Waals surface area contributed by atoms with Crippen LogP contribution in [0, 0.1) is 6.92 Å². The number of rotatable bonds is 5. The molecule has 0 unspecified atom stereocenters. The van der Waals surface area contributed by atoms with Gasteiger partial charge in [0.05, 0.1) is 18.3 Å². The van der Waals surface area contributed by atoms with E-state index in [9.17, 15) is 5.11 Å². The number of pyridine rings is 1.